The van der Waals surface area contributed by atoms with Crippen LogP contribution in [0, 0.1) is 0 Å². The Balaban J connectivity index is 2.43. The average Bonchev–Trinajstić information content (AvgIpc) is 2.93. The fourth-order valence-electron chi connectivity index (χ4n) is 2.08. The third-order valence-electron chi connectivity index (χ3n) is 3.17. The zero-order chi connectivity index (χ0) is 14.7. The summed E-state index contributed by atoms with van der Waals surface area (Å²) in [6.07, 6.45) is 0.810. The molecule has 7 heteroatoms. The van der Waals surface area contributed by atoms with E-state index in [2.05, 4.69) is 10.3 Å². The smallest absolute Gasteiger partial charge is 0.330 e. The molecule has 20 heavy (non-hydrogen) atoms. The fraction of sp³-hybridized carbons (Fsp3) is 0.385. The lowest BCUT2D eigenvalue weighted by molar-refractivity contribution is 0.698. The first-order valence-electron chi connectivity index (χ1n) is 6.51. The third-order valence-corrected chi connectivity index (χ3v) is 4.16. The summed E-state index contributed by atoms with van der Waals surface area (Å²) in [5, 5.41) is 5.14. The van der Waals surface area contributed by atoms with E-state index in [0.717, 1.165) is 11.3 Å². The number of H-pyrrole nitrogens is 1. The maximum Gasteiger partial charge on any atom is 0.330 e. The number of nitrogens with two attached hydrogens (primary N) is 1. The van der Waals surface area contributed by atoms with Crippen molar-refractivity contribution in [2.45, 2.75) is 32.9 Å². The molecule has 1 unspecified atom stereocenters. The maximum atomic E-state index is 11.9. The van der Waals surface area contributed by atoms with Crippen molar-refractivity contribution in [3.05, 3.63) is 43.2 Å². The van der Waals surface area contributed by atoms with Crippen molar-refractivity contribution in [1.29, 1.82) is 0 Å². The van der Waals surface area contributed by atoms with Crippen molar-refractivity contribution in [3.63, 3.8) is 0 Å². The highest BCUT2D eigenvalue weighted by molar-refractivity contribution is 7.10. The Morgan fingerprint density at radius 3 is 2.75 bits per heavy atom. The quantitative estimate of drug-likeness (QED) is 0.783. The molecule has 108 valence electrons. The van der Waals surface area contributed by atoms with Crippen LogP contribution in [0.1, 0.15) is 31.2 Å². The predicted molar refractivity (Wildman–Crippen MR) is 82.4 cm³/mol. The molecule has 0 bridgehead atoms. The standard InChI is InChI=1S/C13H18N4O2S/c1-3-8(9-6-5-7-20-9)15-10-11(14)17(4-2)13(19)16-12(10)18/h5-8,15H,3-4,14H2,1-2H3,(H,16,18,19). The highest BCUT2D eigenvalue weighted by Crippen LogP contribution is 2.26. The SMILES string of the molecule is CCC(Nc1c(N)n(CC)c(=O)[nH]c1=O)c1cccs1. The summed E-state index contributed by atoms with van der Waals surface area (Å²) in [5.41, 5.74) is 5.23. The topological polar surface area (TPSA) is 92.9 Å². The molecule has 0 aliphatic heterocycles. The van der Waals surface area contributed by atoms with Gasteiger partial charge in [-0.3, -0.25) is 14.3 Å². The first-order valence-corrected chi connectivity index (χ1v) is 7.38. The van der Waals surface area contributed by atoms with Gasteiger partial charge in [0.2, 0.25) is 0 Å². The lowest BCUT2D eigenvalue weighted by Crippen LogP contribution is -2.34. The summed E-state index contributed by atoms with van der Waals surface area (Å²) in [4.78, 5) is 27.0. The lowest BCUT2D eigenvalue weighted by atomic mass is 10.2. The highest BCUT2D eigenvalue weighted by atomic mass is 32.1. The molecule has 2 aromatic heterocycles. The van der Waals surface area contributed by atoms with Crippen molar-refractivity contribution in [1.82, 2.24) is 9.55 Å². The van der Waals surface area contributed by atoms with Crippen LogP contribution in [-0.4, -0.2) is 9.55 Å². The molecular weight excluding hydrogens is 276 g/mol. The number of hydrogen-bond donors (Lipinski definition) is 3. The molecular formula is C13H18N4O2S. The second kappa shape index (κ2) is 5.96. The molecule has 0 saturated heterocycles. The molecule has 0 aliphatic carbocycles. The van der Waals surface area contributed by atoms with Crippen molar-refractivity contribution < 1.29 is 0 Å². The summed E-state index contributed by atoms with van der Waals surface area (Å²) in [5.74, 6) is 0.177. The maximum absolute atomic E-state index is 11.9. The van der Waals surface area contributed by atoms with Crippen molar-refractivity contribution in [3.8, 4) is 0 Å². The van der Waals surface area contributed by atoms with Gasteiger partial charge in [-0.05, 0) is 24.8 Å². The van der Waals surface area contributed by atoms with Gasteiger partial charge in [0.15, 0.2) is 0 Å². The Bertz CT molecular complexity index is 687. The van der Waals surface area contributed by atoms with E-state index >= 15 is 0 Å². The van der Waals surface area contributed by atoms with Gasteiger partial charge in [-0.25, -0.2) is 4.79 Å². The van der Waals surface area contributed by atoms with Gasteiger partial charge in [0.05, 0.1) is 6.04 Å². The molecule has 2 rings (SSSR count). The first kappa shape index (κ1) is 14.4. The Hall–Kier alpha value is -2.02. The number of aromatic nitrogens is 2. The van der Waals surface area contributed by atoms with E-state index in [9.17, 15) is 9.59 Å². The summed E-state index contributed by atoms with van der Waals surface area (Å²) < 4.78 is 1.34. The molecule has 0 amide bonds. The van der Waals surface area contributed by atoms with E-state index in [4.69, 9.17) is 5.73 Å². The van der Waals surface area contributed by atoms with Gasteiger partial charge in [0.25, 0.3) is 5.56 Å². The number of aromatic amines is 1. The van der Waals surface area contributed by atoms with Crippen LogP contribution < -0.4 is 22.3 Å². The van der Waals surface area contributed by atoms with Crippen molar-refractivity contribution in [2.24, 2.45) is 0 Å². The van der Waals surface area contributed by atoms with Crippen LogP contribution in [-0.2, 0) is 6.54 Å². The van der Waals surface area contributed by atoms with Crippen molar-refractivity contribution in [2.75, 3.05) is 11.1 Å². The van der Waals surface area contributed by atoms with Gasteiger partial charge in [0, 0.05) is 11.4 Å². The zero-order valence-corrected chi connectivity index (χ0v) is 12.3. The van der Waals surface area contributed by atoms with Gasteiger partial charge >= 0.3 is 5.69 Å². The molecule has 2 heterocycles. The first-order chi connectivity index (χ1) is 9.58. The predicted octanol–water partition coefficient (Wildman–Crippen LogP) is 1.76. The van der Waals surface area contributed by atoms with Crippen LogP contribution in [0.5, 0.6) is 0 Å². The average molecular weight is 294 g/mol. The fourth-order valence-corrected chi connectivity index (χ4v) is 2.94. The van der Waals surface area contributed by atoms with E-state index in [1.165, 1.54) is 4.57 Å². The molecule has 0 fully saturated rings. The highest BCUT2D eigenvalue weighted by Gasteiger charge is 2.16. The van der Waals surface area contributed by atoms with Gasteiger partial charge < -0.3 is 11.1 Å². The Kier molecular flexibility index (Phi) is 4.29. The van der Waals surface area contributed by atoms with Crippen LogP contribution in [0.2, 0.25) is 0 Å². The number of rotatable bonds is 5. The van der Waals surface area contributed by atoms with Crippen LogP contribution in [0.4, 0.5) is 11.5 Å². The van der Waals surface area contributed by atoms with E-state index in [1.807, 2.05) is 24.4 Å². The monoisotopic (exact) mass is 294 g/mol. The minimum Gasteiger partial charge on any atom is -0.383 e. The molecule has 1 atom stereocenters. The van der Waals surface area contributed by atoms with E-state index < -0.39 is 11.2 Å². The van der Waals surface area contributed by atoms with E-state index in [1.54, 1.807) is 18.3 Å². The third kappa shape index (κ3) is 2.62. The molecule has 0 spiro atoms. The van der Waals surface area contributed by atoms with Crippen LogP contribution in [0.25, 0.3) is 0 Å². The summed E-state index contributed by atoms with van der Waals surface area (Å²) in [6, 6.07) is 3.97. The zero-order valence-electron chi connectivity index (χ0n) is 11.5. The second-order valence-electron chi connectivity index (χ2n) is 4.38. The normalized spacial score (nSPS) is 12.3. The number of nitrogens with one attached hydrogen (secondary N) is 2. The number of nitrogen functional groups attached to an aromatic ring is 1. The van der Waals surface area contributed by atoms with Crippen LogP contribution >= 0.6 is 11.3 Å². The minimum absolute atomic E-state index is 0.00112. The summed E-state index contributed by atoms with van der Waals surface area (Å²) in [7, 11) is 0. The molecule has 0 radical (unpaired) electrons. The summed E-state index contributed by atoms with van der Waals surface area (Å²) in [6.45, 7) is 4.24. The van der Waals surface area contributed by atoms with Crippen LogP contribution in [0.15, 0.2) is 27.1 Å². The van der Waals surface area contributed by atoms with E-state index in [-0.39, 0.29) is 17.5 Å². The van der Waals surface area contributed by atoms with Gasteiger partial charge in [-0.15, -0.1) is 11.3 Å². The molecule has 0 saturated carbocycles. The van der Waals surface area contributed by atoms with Crippen molar-refractivity contribution >= 4 is 22.8 Å². The Labute approximate surface area is 120 Å². The van der Waals surface area contributed by atoms with Crippen LogP contribution in [0.3, 0.4) is 0 Å². The number of anilines is 2. The number of nitrogens with zero attached hydrogens (tertiary/aromatic N) is 1. The van der Waals surface area contributed by atoms with Gasteiger partial charge in [-0.1, -0.05) is 13.0 Å². The molecule has 2 aromatic rings. The Morgan fingerprint density at radius 1 is 1.45 bits per heavy atom. The summed E-state index contributed by atoms with van der Waals surface area (Å²) >= 11 is 1.62. The molecule has 0 aromatic carbocycles. The Morgan fingerprint density at radius 2 is 2.20 bits per heavy atom. The van der Waals surface area contributed by atoms with Gasteiger partial charge in [-0.2, -0.15) is 0 Å². The second-order valence-corrected chi connectivity index (χ2v) is 5.36. The van der Waals surface area contributed by atoms with E-state index in [0.29, 0.717) is 6.54 Å². The number of thiophene rings is 1. The minimum atomic E-state index is -0.482. The van der Waals surface area contributed by atoms with Gasteiger partial charge in [0.1, 0.15) is 11.5 Å². The lowest BCUT2D eigenvalue weighted by Gasteiger charge is -2.18. The molecule has 4 N–H and O–H groups in total. The molecule has 0 aliphatic rings. The molecule has 6 nitrogen and oxygen atoms in total. The largest absolute Gasteiger partial charge is 0.383 e. The number of hydrogen-bond acceptors (Lipinski definition) is 5.